The van der Waals surface area contributed by atoms with Gasteiger partial charge in [0.15, 0.2) is 5.69 Å². The maximum atomic E-state index is 12.7. The van der Waals surface area contributed by atoms with Gasteiger partial charge in [-0.2, -0.15) is 5.10 Å². The predicted molar refractivity (Wildman–Crippen MR) is 88.2 cm³/mol. The van der Waals surface area contributed by atoms with E-state index in [0.29, 0.717) is 43.3 Å². The first-order valence-corrected chi connectivity index (χ1v) is 8.25. The Hall–Kier alpha value is -3.30. The summed E-state index contributed by atoms with van der Waals surface area (Å²) >= 11 is 0. The van der Waals surface area contributed by atoms with Crippen LogP contribution in [0, 0.1) is 6.92 Å². The highest BCUT2D eigenvalue weighted by atomic mass is 16.5. The molecule has 10 nitrogen and oxygen atoms in total. The topological polar surface area (TPSA) is 112 Å². The van der Waals surface area contributed by atoms with E-state index >= 15 is 0 Å². The molecule has 0 radical (unpaired) electrons. The standard InChI is InChI=1S/C16H17N7O3/c1-11-5-13(20-26-11)16(25)21-3-2-4-23-14(8-21)19-12(6-15(23)24)7-22-10-17-9-18-22/h5-6,9-10H,2-4,7-8H2,1H3. The second kappa shape index (κ2) is 6.54. The first kappa shape index (κ1) is 16.2. The molecule has 4 rings (SSSR count). The third-order valence-electron chi connectivity index (χ3n) is 4.21. The Morgan fingerprint density at radius 2 is 2.19 bits per heavy atom. The summed E-state index contributed by atoms with van der Waals surface area (Å²) in [6, 6.07) is 3.11. The number of rotatable bonds is 3. The molecule has 3 aromatic heterocycles. The Labute approximate surface area is 148 Å². The number of fused-ring (bicyclic) bond motifs is 1. The molecule has 0 spiro atoms. The van der Waals surface area contributed by atoms with Gasteiger partial charge < -0.3 is 9.42 Å². The van der Waals surface area contributed by atoms with Crippen LogP contribution >= 0.6 is 0 Å². The van der Waals surface area contributed by atoms with Gasteiger partial charge in [0.1, 0.15) is 24.2 Å². The molecule has 1 aliphatic rings. The van der Waals surface area contributed by atoms with Crippen LogP contribution in [0.4, 0.5) is 0 Å². The molecule has 1 amide bonds. The van der Waals surface area contributed by atoms with Crippen molar-refractivity contribution in [1.29, 1.82) is 0 Å². The van der Waals surface area contributed by atoms with E-state index in [4.69, 9.17) is 4.52 Å². The largest absolute Gasteiger partial charge is 0.361 e. The molecule has 0 saturated carbocycles. The second-order valence-electron chi connectivity index (χ2n) is 6.15. The second-order valence-corrected chi connectivity index (χ2v) is 6.15. The highest BCUT2D eigenvalue weighted by Gasteiger charge is 2.24. The molecule has 0 unspecified atom stereocenters. The van der Waals surface area contributed by atoms with Gasteiger partial charge in [0.25, 0.3) is 11.5 Å². The normalized spacial score (nSPS) is 14.1. The van der Waals surface area contributed by atoms with Crippen molar-refractivity contribution in [3.8, 4) is 0 Å². The van der Waals surface area contributed by atoms with E-state index < -0.39 is 0 Å². The Kier molecular flexibility index (Phi) is 4.07. The van der Waals surface area contributed by atoms with Gasteiger partial charge in [0, 0.05) is 25.2 Å². The highest BCUT2D eigenvalue weighted by Crippen LogP contribution is 2.13. The van der Waals surface area contributed by atoms with Crippen LogP contribution in [0.5, 0.6) is 0 Å². The van der Waals surface area contributed by atoms with Crippen LogP contribution in [-0.2, 0) is 19.6 Å². The molecule has 1 aliphatic heterocycles. The molecule has 26 heavy (non-hydrogen) atoms. The predicted octanol–water partition coefficient (Wildman–Crippen LogP) is 0.226. The van der Waals surface area contributed by atoms with Gasteiger partial charge in [-0.15, -0.1) is 0 Å². The van der Waals surface area contributed by atoms with E-state index in [1.54, 1.807) is 33.5 Å². The molecule has 0 atom stereocenters. The molecule has 0 saturated heterocycles. The number of hydrogen-bond donors (Lipinski definition) is 0. The maximum absolute atomic E-state index is 12.7. The van der Waals surface area contributed by atoms with Crippen LogP contribution in [0.15, 0.2) is 34.1 Å². The van der Waals surface area contributed by atoms with Crippen molar-refractivity contribution in [2.75, 3.05) is 6.54 Å². The van der Waals surface area contributed by atoms with Gasteiger partial charge in [-0.25, -0.2) is 14.6 Å². The summed E-state index contributed by atoms with van der Waals surface area (Å²) in [6.45, 7) is 3.36. The van der Waals surface area contributed by atoms with Crippen LogP contribution in [0.2, 0.25) is 0 Å². The summed E-state index contributed by atoms with van der Waals surface area (Å²) in [5.74, 6) is 0.901. The number of carbonyl (C=O) groups is 1. The molecular formula is C16H17N7O3. The van der Waals surface area contributed by atoms with E-state index in [9.17, 15) is 9.59 Å². The quantitative estimate of drug-likeness (QED) is 0.661. The molecule has 134 valence electrons. The van der Waals surface area contributed by atoms with E-state index in [0.717, 1.165) is 0 Å². The highest BCUT2D eigenvalue weighted by molar-refractivity contribution is 5.92. The zero-order valence-electron chi connectivity index (χ0n) is 14.2. The molecule has 4 heterocycles. The van der Waals surface area contributed by atoms with Crippen molar-refractivity contribution >= 4 is 5.91 Å². The monoisotopic (exact) mass is 355 g/mol. The van der Waals surface area contributed by atoms with Crippen molar-refractivity contribution in [3.05, 3.63) is 58.1 Å². The van der Waals surface area contributed by atoms with E-state index in [1.165, 1.54) is 12.4 Å². The van der Waals surface area contributed by atoms with Crippen LogP contribution in [0.3, 0.4) is 0 Å². The van der Waals surface area contributed by atoms with Crippen LogP contribution < -0.4 is 5.56 Å². The number of amides is 1. The molecule has 0 fully saturated rings. The lowest BCUT2D eigenvalue weighted by Crippen LogP contribution is -2.32. The summed E-state index contributed by atoms with van der Waals surface area (Å²) in [5.41, 5.74) is 0.715. The minimum absolute atomic E-state index is 0.128. The first-order chi connectivity index (χ1) is 12.6. The van der Waals surface area contributed by atoms with Crippen molar-refractivity contribution < 1.29 is 9.32 Å². The zero-order chi connectivity index (χ0) is 18.1. The van der Waals surface area contributed by atoms with Crippen LogP contribution in [0.25, 0.3) is 0 Å². The van der Waals surface area contributed by atoms with Crippen molar-refractivity contribution in [3.63, 3.8) is 0 Å². The van der Waals surface area contributed by atoms with Gasteiger partial charge in [-0.1, -0.05) is 5.16 Å². The molecule has 0 aliphatic carbocycles. The lowest BCUT2D eigenvalue weighted by Gasteiger charge is -2.18. The zero-order valence-corrected chi connectivity index (χ0v) is 14.2. The fraction of sp³-hybridized carbons (Fsp3) is 0.375. The fourth-order valence-corrected chi connectivity index (χ4v) is 3.00. The van der Waals surface area contributed by atoms with Gasteiger partial charge in [0.05, 0.1) is 18.8 Å². The van der Waals surface area contributed by atoms with Gasteiger partial charge in [-0.05, 0) is 13.3 Å². The molecule has 10 heteroatoms. The summed E-state index contributed by atoms with van der Waals surface area (Å²) in [6.07, 6.45) is 3.66. The lowest BCUT2D eigenvalue weighted by molar-refractivity contribution is 0.0733. The Morgan fingerprint density at radius 1 is 1.31 bits per heavy atom. The van der Waals surface area contributed by atoms with E-state index in [-0.39, 0.29) is 23.7 Å². The maximum Gasteiger partial charge on any atom is 0.276 e. The molecule has 0 aromatic carbocycles. The van der Waals surface area contributed by atoms with Gasteiger partial charge >= 0.3 is 0 Å². The summed E-state index contributed by atoms with van der Waals surface area (Å²) < 4.78 is 8.20. The number of aryl methyl sites for hydroxylation is 1. The minimum Gasteiger partial charge on any atom is -0.361 e. The summed E-state index contributed by atoms with van der Waals surface area (Å²) in [7, 11) is 0. The average Bonchev–Trinajstić information content (AvgIpc) is 3.22. The SMILES string of the molecule is Cc1cc(C(=O)N2CCCn3c(nc(Cn4cncn4)cc3=O)C2)no1. The summed E-state index contributed by atoms with van der Waals surface area (Å²) in [4.78, 5) is 35.2. The number of carbonyl (C=O) groups excluding carboxylic acids is 1. The number of hydrogen-bond acceptors (Lipinski definition) is 7. The minimum atomic E-state index is -0.230. The van der Waals surface area contributed by atoms with Crippen molar-refractivity contribution in [2.24, 2.45) is 0 Å². The summed E-state index contributed by atoms with van der Waals surface area (Å²) in [5, 5.41) is 7.82. The third kappa shape index (κ3) is 3.13. The van der Waals surface area contributed by atoms with E-state index in [2.05, 4.69) is 20.2 Å². The number of nitrogens with zero attached hydrogens (tertiary/aromatic N) is 7. The average molecular weight is 355 g/mol. The van der Waals surface area contributed by atoms with Crippen LogP contribution in [0.1, 0.15) is 34.2 Å². The smallest absolute Gasteiger partial charge is 0.276 e. The van der Waals surface area contributed by atoms with Crippen molar-refractivity contribution in [1.82, 2.24) is 34.4 Å². The molecule has 0 N–H and O–H groups in total. The van der Waals surface area contributed by atoms with Crippen LogP contribution in [-0.4, -0.2) is 46.8 Å². The molecule has 0 bridgehead atoms. The lowest BCUT2D eigenvalue weighted by atomic mass is 10.3. The van der Waals surface area contributed by atoms with Gasteiger partial charge in [0.2, 0.25) is 0 Å². The van der Waals surface area contributed by atoms with Crippen molar-refractivity contribution in [2.45, 2.75) is 33.0 Å². The molecule has 3 aromatic rings. The fourth-order valence-electron chi connectivity index (χ4n) is 3.00. The molecular weight excluding hydrogens is 338 g/mol. The Morgan fingerprint density at radius 3 is 2.92 bits per heavy atom. The third-order valence-corrected chi connectivity index (χ3v) is 4.21. The van der Waals surface area contributed by atoms with Gasteiger partial charge in [-0.3, -0.25) is 14.2 Å². The Balaban J connectivity index is 1.63. The first-order valence-electron chi connectivity index (χ1n) is 8.25. The Bertz CT molecular complexity index is 990. The van der Waals surface area contributed by atoms with E-state index in [1.807, 2.05) is 0 Å². The number of aromatic nitrogens is 6.